The van der Waals surface area contributed by atoms with Gasteiger partial charge in [-0.1, -0.05) is 0 Å². The molecule has 7 nitrogen and oxygen atoms in total. The van der Waals surface area contributed by atoms with Gasteiger partial charge < -0.3 is 9.47 Å². The number of hydrogen-bond donors (Lipinski definition) is 0. The van der Waals surface area contributed by atoms with E-state index in [1.54, 1.807) is 60.7 Å². The summed E-state index contributed by atoms with van der Waals surface area (Å²) in [6.07, 6.45) is 5.99. The molecule has 0 N–H and O–H groups in total. The van der Waals surface area contributed by atoms with E-state index in [-0.39, 0.29) is 17.3 Å². The second kappa shape index (κ2) is 7.88. The van der Waals surface area contributed by atoms with E-state index < -0.39 is 11.9 Å². The average molecular weight is 422 g/mol. The van der Waals surface area contributed by atoms with Crippen molar-refractivity contribution in [3.05, 3.63) is 108 Å². The van der Waals surface area contributed by atoms with Crippen LogP contribution in [0.4, 0.5) is 0 Å². The summed E-state index contributed by atoms with van der Waals surface area (Å²) >= 11 is 0. The lowest BCUT2D eigenvalue weighted by Crippen LogP contribution is -2.09. The number of fused-ring (bicyclic) bond motifs is 3. The number of esters is 2. The first kappa shape index (κ1) is 19.3. The minimum absolute atomic E-state index is 0.237. The standard InChI is InChI=1S/C25H14N2O5/c28-23-21-13-17(31-24(29)15-5-9-26-10-6-15)1-3-19(21)20-4-2-18(14-22(20)23)32-25(30)16-7-11-27-12-8-16/h1-14H. The topological polar surface area (TPSA) is 95.5 Å². The van der Waals surface area contributed by atoms with E-state index in [2.05, 4.69) is 9.97 Å². The van der Waals surface area contributed by atoms with Crippen LogP contribution in [0.15, 0.2) is 85.5 Å². The second-order valence-corrected chi connectivity index (χ2v) is 6.99. The van der Waals surface area contributed by atoms with Gasteiger partial charge in [0.15, 0.2) is 5.78 Å². The van der Waals surface area contributed by atoms with Gasteiger partial charge in [0.2, 0.25) is 0 Å². The number of hydrogen-bond acceptors (Lipinski definition) is 7. The highest BCUT2D eigenvalue weighted by molar-refractivity contribution is 6.22. The van der Waals surface area contributed by atoms with Crippen molar-refractivity contribution in [1.29, 1.82) is 0 Å². The van der Waals surface area contributed by atoms with Gasteiger partial charge in [-0.3, -0.25) is 14.8 Å². The van der Waals surface area contributed by atoms with Crippen LogP contribution in [0.2, 0.25) is 0 Å². The molecule has 1 aliphatic carbocycles. The number of ether oxygens (including phenoxy) is 2. The molecule has 2 aromatic carbocycles. The largest absolute Gasteiger partial charge is 0.423 e. The Bertz CT molecular complexity index is 1260. The number of pyridine rings is 2. The van der Waals surface area contributed by atoms with E-state index >= 15 is 0 Å². The number of carbonyl (C=O) groups is 3. The van der Waals surface area contributed by atoms with E-state index in [0.29, 0.717) is 22.3 Å². The maximum Gasteiger partial charge on any atom is 0.343 e. The smallest absolute Gasteiger partial charge is 0.343 e. The van der Waals surface area contributed by atoms with E-state index in [1.807, 2.05) is 0 Å². The van der Waals surface area contributed by atoms with Crippen LogP contribution < -0.4 is 9.47 Å². The van der Waals surface area contributed by atoms with Gasteiger partial charge in [0.1, 0.15) is 11.5 Å². The lowest BCUT2D eigenvalue weighted by Gasteiger charge is -2.07. The number of benzene rings is 2. The van der Waals surface area contributed by atoms with Crippen LogP contribution in [0.1, 0.15) is 36.6 Å². The van der Waals surface area contributed by atoms with Gasteiger partial charge in [-0.25, -0.2) is 9.59 Å². The molecule has 154 valence electrons. The molecule has 1 aliphatic rings. The fraction of sp³-hybridized carbons (Fsp3) is 0. The molecule has 2 aromatic heterocycles. The third-order valence-electron chi connectivity index (χ3n) is 5.01. The maximum atomic E-state index is 13.0. The molecule has 0 amide bonds. The first-order chi connectivity index (χ1) is 15.6. The lowest BCUT2D eigenvalue weighted by atomic mass is 10.1. The van der Waals surface area contributed by atoms with E-state index in [0.717, 1.165) is 11.1 Å². The molecular weight excluding hydrogens is 408 g/mol. The van der Waals surface area contributed by atoms with Gasteiger partial charge in [0.25, 0.3) is 0 Å². The van der Waals surface area contributed by atoms with Crippen LogP contribution in [0, 0.1) is 0 Å². The van der Waals surface area contributed by atoms with Crippen LogP contribution in [-0.4, -0.2) is 27.7 Å². The SMILES string of the molecule is O=C(Oc1ccc2c(c1)C(=O)c1cc(OC(=O)c3ccncc3)ccc1-2)c1ccncc1. The third kappa shape index (κ3) is 3.52. The summed E-state index contributed by atoms with van der Waals surface area (Å²) in [6, 6.07) is 16.0. The van der Waals surface area contributed by atoms with Crippen molar-refractivity contribution in [3.8, 4) is 22.6 Å². The zero-order valence-electron chi connectivity index (χ0n) is 16.5. The molecular formula is C25H14N2O5. The lowest BCUT2D eigenvalue weighted by molar-refractivity contribution is 0.0725. The van der Waals surface area contributed by atoms with Gasteiger partial charge in [-0.15, -0.1) is 0 Å². The van der Waals surface area contributed by atoms with Crippen molar-refractivity contribution < 1.29 is 23.9 Å². The molecule has 0 spiro atoms. The highest BCUT2D eigenvalue weighted by atomic mass is 16.5. The molecule has 0 aliphatic heterocycles. The molecule has 2 heterocycles. The highest BCUT2D eigenvalue weighted by Gasteiger charge is 2.28. The normalized spacial score (nSPS) is 11.4. The molecule has 0 unspecified atom stereocenters. The number of nitrogens with zero attached hydrogens (tertiary/aromatic N) is 2. The summed E-state index contributed by atoms with van der Waals surface area (Å²) in [5.41, 5.74) is 2.99. The number of ketones is 1. The first-order valence-electron chi connectivity index (χ1n) is 9.68. The summed E-state index contributed by atoms with van der Waals surface area (Å²) in [6.45, 7) is 0. The zero-order chi connectivity index (χ0) is 22.1. The molecule has 5 rings (SSSR count). The van der Waals surface area contributed by atoms with Gasteiger partial charge in [0.05, 0.1) is 11.1 Å². The minimum atomic E-state index is -0.541. The fourth-order valence-corrected chi connectivity index (χ4v) is 3.47. The zero-order valence-corrected chi connectivity index (χ0v) is 16.5. The predicted molar refractivity (Wildman–Crippen MR) is 114 cm³/mol. The van der Waals surface area contributed by atoms with Crippen molar-refractivity contribution in [2.75, 3.05) is 0 Å². The van der Waals surface area contributed by atoms with Crippen molar-refractivity contribution in [2.45, 2.75) is 0 Å². The molecule has 7 heteroatoms. The molecule has 4 aromatic rings. The molecule has 0 saturated carbocycles. The van der Waals surface area contributed by atoms with Crippen LogP contribution in [-0.2, 0) is 0 Å². The van der Waals surface area contributed by atoms with Crippen molar-refractivity contribution in [1.82, 2.24) is 9.97 Å². The fourth-order valence-electron chi connectivity index (χ4n) is 3.47. The Morgan fingerprint density at radius 1 is 0.562 bits per heavy atom. The van der Waals surface area contributed by atoms with Crippen molar-refractivity contribution >= 4 is 17.7 Å². The van der Waals surface area contributed by atoms with Gasteiger partial charge >= 0.3 is 11.9 Å². The summed E-state index contributed by atoms with van der Waals surface area (Å²) in [7, 11) is 0. The Kier molecular flexibility index (Phi) is 4.76. The number of rotatable bonds is 4. The molecule has 0 bridgehead atoms. The summed E-state index contributed by atoms with van der Waals surface area (Å²) < 4.78 is 10.8. The minimum Gasteiger partial charge on any atom is -0.423 e. The average Bonchev–Trinajstić information content (AvgIpc) is 3.11. The van der Waals surface area contributed by atoms with Crippen LogP contribution in [0.25, 0.3) is 11.1 Å². The molecule has 32 heavy (non-hydrogen) atoms. The van der Waals surface area contributed by atoms with E-state index in [1.165, 1.54) is 24.8 Å². The van der Waals surface area contributed by atoms with Crippen LogP contribution >= 0.6 is 0 Å². The quantitative estimate of drug-likeness (QED) is 0.317. The predicted octanol–water partition coefficient (Wildman–Crippen LogP) is 4.13. The maximum absolute atomic E-state index is 13.0. The Hall–Kier alpha value is -4.65. The van der Waals surface area contributed by atoms with Gasteiger partial charge in [-0.2, -0.15) is 0 Å². The highest BCUT2D eigenvalue weighted by Crippen LogP contribution is 2.40. The summed E-state index contributed by atoms with van der Waals surface area (Å²) in [4.78, 5) is 45.3. The molecule has 0 saturated heterocycles. The van der Waals surface area contributed by atoms with Gasteiger partial charge in [-0.05, 0) is 71.8 Å². The Morgan fingerprint density at radius 2 is 0.969 bits per heavy atom. The Morgan fingerprint density at radius 3 is 1.38 bits per heavy atom. The van der Waals surface area contributed by atoms with Crippen LogP contribution in [0.5, 0.6) is 11.5 Å². The summed E-state index contributed by atoms with van der Waals surface area (Å²) in [5.74, 6) is -0.799. The summed E-state index contributed by atoms with van der Waals surface area (Å²) in [5, 5.41) is 0. The monoisotopic (exact) mass is 422 g/mol. The van der Waals surface area contributed by atoms with E-state index in [4.69, 9.17) is 9.47 Å². The second-order valence-electron chi connectivity index (χ2n) is 6.99. The third-order valence-corrected chi connectivity index (χ3v) is 5.01. The Labute approximate surface area is 182 Å². The Balaban J connectivity index is 1.38. The van der Waals surface area contributed by atoms with Gasteiger partial charge in [0, 0.05) is 35.9 Å². The van der Waals surface area contributed by atoms with E-state index in [9.17, 15) is 14.4 Å². The first-order valence-corrected chi connectivity index (χ1v) is 9.68. The molecule has 0 radical (unpaired) electrons. The number of carbonyl (C=O) groups excluding carboxylic acids is 3. The van der Waals surface area contributed by atoms with Crippen molar-refractivity contribution in [3.63, 3.8) is 0 Å². The molecule has 0 fully saturated rings. The van der Waals surface area contributed by atoms with Crippen molar-refractivity contribution in [2.24, 2.45) is 0 Å². The molecule has 0 atom stereocenters. The number of aromatic nitrogens is 2. The van der Waals surface area contributed by atoms with Crippen LogP contribution in [0.3, 0.4) is 0 Å².